The van der Waals surface area contributed by atoms with Gasteiger partial charge in [-0.15, -0.1) is 0 Å². The van der Waals surface area contributed by atoms with Gasteiger partial charge in [-0.25, -0.2) is 0 Å². The van der Waals surface area contributed by atoms with Crippen molar-refractivity contribution in [1.82, 2.24) is 0 Å². The van der Waals surface area contributed by atoms with Crippen LogP contribution in [0.15, 0.2) is 45.9 Å². The number of aliphatic imine (C=N–C) groups is 1. The van der Waals surface area contributed by atoms with Crippen LogP contribution < -0.4 is 15.2 Å². The molecule has 2 rings (SSSR count). The highest BCUT2D eigenvalue weighted by molar-refractivity contribution is 9.10. The minimum absolute atomic E-state index is 0.00118. The van der Waals surface area contributed by atoms with Gasteiger partial charge >= 0.3 is 0 Å². The van der Waals surface area contributed by atoms with Gasteiger partial charge in [0.05, 0.1) is 21.7 Å². The van der Waals surface area contributed by atoms with E-state index in [1.807, 2.05) is 6.92 Å². The standard InChI is InChI=1S/C17H16BrN3O5/c1-2-25-15-8-11(7-14(18)17(15)26-10-16(19)22)9-20-12-3-5-13(6-4-12)21(23)24/h3-9H,2,10H2,1H3,(H2,19,22). The number of amides is 1. The number of ether oxygens (including phenoxy) is 2. The van der Waals surface area contributed by atoms with Crippen LogP contribution in [0, 0.1) is 10.1 Å². The molecule has 26 heavy (non-hydrogen) atoms. The van der Waals surface area contributed by atoms with E-state index in [9.17, 15) is 14.9 Å². The number of carbonyl (C=O) groups excluding carboxylic acids is 1. The van der Waals surface area contributed by atoms with E-state index < -0.39 is 10.8 Å². The van der Waals surface area contributed by atoms with E-state index in [1.54, 1.807) is 30.5 Å². The molecule has 8 nitrogen and oxygen atoms in total. The average molecular weight is 422 g/mol. The van der Waals surface area contributed by atoms with E-state index in [4.69, 9.17) is 15.2 Å². The van der Waals surface area contributed by atoms with Crippen LogP contribution in [0.25, 0.3) is 0 Å². The van der Waals surface area contributed by atoms with Crippen LogP contribution in [0.4, 0.5) is 11.4 Å². The SMILES string of the molecule is CCOc1cc(C=Nc2ccc([N+](=O)[O-])cc2)cc(Br)c1OCC(N)=O. The van der Waals surface area contributed by atoms with Crippen LogP contribution in [0.1, 0.15) is 12.5 Å². The van der Waals surface area contributed by atoms with Crippen LogP contribution in [-0.2, 0) is 4.79 Å². The average Bonchev–Trinajstić information content (AvgIpc) is 2.59. The molecule has 0 aliphatic carbocycles. The maximum atomic E-state index is 10.9. The Balaban J connectivity index is 2.25. The summed E-state index contributed by atoms with van der Waals surface area (Å²) in [5, 5.41) is 10.7. The van der Waals surface area contributed by atoms with E-state index in [-0.39, 0.29) is 12.3 Å². The lowest BCUT2D eigenvalue weighted by molar-refractivity contribution is -0.384. The highest BCUT2D eigenvalue weighted by atomic mass is 79.9. The largest absolute Gasteiger partial charge is 0.490 e. The molecule has 0 fully saturated rings. The van der Waals surface area contributed by atoms with E-state index >= 15 is 0 Å². The number of nitro groups is 1. The van der Waals surface area contributed by atoms with E-state index in [0.29, 0.717) is 33.8 Å². The van der Waals surface area contributed by atoms with Gasteiger partial charge < -0.3 is 15.2 Å². The maximum absolute atomic E-state index is 10.9. The Bertz CT molecular complexity index is 837. The number of nitrogens with two attached hydrogens (primary N) is 1. The predicted molar refractivity (Wildman–Crippen MR) is 100 cm³/mol. The van der Waals surface area contributed by atoms with Crippen molar-refractivity contribution in [1.29, 1.82) is 0 Å². The van der Waals surface area contributed by atoms with Gasteiger partial charge in [0.2, 0.25) is 0 Å². The molecule has 0 saturated heterocycles. The molecule has 0 radical (unpaired) electrons. The van der Waals surface area contributed by atoms with Crippen LogP contribution in [0.5, 0.6) is 11.5 Å². The molecule has 0 bridgehead atoms. The van der Waals surface area contributed by atoms with Gasteiger partial charge in [-0.3, -0.25) is 19.9 Å². The molecule has 0 aliphatic heterocycles. The number of carbonyl (C=O) groups is 1. The van der Waals surface area contributed by atoms with Gasteiger partial charge in [0.1, 0.15) is 0 Å². The number of halogens is 1. The highest BCUT2D eigenvalue weighted by Crippen LogP contribution is 2.36. The molecular formula is C17H16BrN3O5. The van der Waals surface area contributed by atoms with Crippen molar-refractivity contribution in [2.24, 2.45) is 10.7 Å². The second-order valence-corrected chi connectivity index (χ2v) is 5.90. The van der Waals surface area contributed by atoms with Crippen LogP contribution in [-0.4, -0.2) is 30.3 Å². The van der Waals surface area contributed by atoms with E-state index in [1.165, 1.54) is 12.1 Å². The molecule has 0 saturated carbocycles. The number of rotatable bonds is 8. The fraction of sp³-hybridized carbons (Fsp3) is 0.176. The monoisotopic (exact) mass is 421 g/mol. The first kappa shape index (κ1) is 19.4. The third-order valence-electron chi connectivity index (χ3n) is 3.11. The van der Waals surface area contributed by atoms with Gasteiger partial charge in [-0.1, -0.05) is 0 Å². The molecule has 136 valence electrons. The molecule has 0 spiro atoms. The number of non-ortho nitro benzene ring substituents is 1. The summed E-state index contributed by atoms with van der Waals surface area (Å²) >= 11 is 3.38. The second kappa shape index (κ2) is 8.95. The Morgan fingerprint density at radius 2 is 2.00 bits per heavy atom. The van der Waals surface area contributed by atoms with Gasteiger partial charge in [-0.05, 0) is 52.7 Å². The second-order valence-electron chi connectivity index (χ2n) is 5.05. The molecule has 1 amide bonds. The molecule has 0 aromatic heterocycles. The van der Waals surface area contributed by atoms with Crippen molar-refractivity contribution >= 4 is 39.4 Å². The summed E-state index contributed by atoms with van der Waals surface area (Å²) in [5.41, 5.74) is 6.38. The zero-order valence-electron chi connectivity index (χ0n) is 13.8. The van der Waals surface area contributed by atoms with Crippen molar-refractivity contribution in [2.45, 2.75) is 6.92 Å². The molecule has 2 aromatic rings. The fourth-order valence-corrected chi connectivity index (χ4v) is 2.59. The lowest BCUT2D eigenvalue weighted by atomic mass is 10.2. The molecule has 0 unspecified atom stereocenters. The Labute approximate surface area is 157 Å². The lowest BCUT2D eigenvalue weighted by Crippen LogP contribution is -2.20. The third kappa shape index (κ3) is 5.28. The number of nitrogens with zero attached hydrogens (tertiary/aromatic N) is 2. The van der Waals surface area contributed by atoms with E-state index in [2.05, 4.69) is 20.9 Å². The Morgan fingerprint density at radius 1 is 1.31 bits per heavy atom. The summed E-state index contributed by atoms with van der Waals surface area (Å²) in [4.78, 5) is 25.4. The zero-order chi connectivity index (χ0) is 19.1. The molecule has 2 aromatic carbocycles. The van der Waals surface area contributed by atoms with Gasteiger partial charge in [0.15, 0.2) is 18.1 Å². The first-order chi connectivity index (χ1) is 12.4. The van der Waals surface area contributed by atoms with Gasteiger partial charge in [0, 0.05) is 18.3 Å². The van der Waals surface area contributed by atoms with Crippen molar-refractivity contribution in [3.05, 3.63) is 56.5 Å². The van der Waals surface area contributed by atoms with Crippen molar-refractivity contribution < 1.29 is 19.2 Å². The van der Waals surface area contributed by atoms with Crippen LogP contribution in [0.3, 0.4) is 0 Å². The first-order valence-corrected chi connectivity index (χ1v) is 8.36. The smallest absolute Gasteiger partial charge is 0.269 e. The first-order valence-electron chi connectivity index (χ1n) is 7.56. The van der Waals surface area contributed by atoms with Crippen molar-refractivity contribution in [3.63, 3.8) is 0 Å². The molecular weight excluding hydrogens is 406 g/mol. The number of benzene rings is 2. The van der Waals surface area contributed by atoms with Gasteiger partial charge in [0.25, 0.3) is 11.6 Å². The topological polar surface area (TPSA) is 117 Å². The maximum Gasteiger partial charge on any atom is 0.269 e. The summed E-state index contributed by atoms with van der Waals surface area (Å²) in [6.45, 7) is 1.96. The van der Waals surface area contributed by atoms with Crippen LogP contribution >= 0.6 is 15.9 Å². The fourth-order valence-electron chi connectivity index (χ4n) is 2.02. The number of hydrogen-bond donors (Lipinski definition) is 1. The Hall–Kier alpha value is -2.94. The van der Waals surface area contributed by atoms with Crippen molar-refractivity contribution in [2.75, 3.05) is 13.2 Å². The molecule has 9 heteroatoms. The highest BCUT2D eigenvalue weighted by Gasteiger charge is 2.13. The Morgan fingerprint density at radius 3 is 2.58 bits per heavy atom. The Kier molecular flexibility index (Phi) is 6.67. The molecule has 0 heterocycles. The summed E-state index contributed by atoms with van der Waals surface area (Å²) in [7, 11) is 0. The summed E-state index contributed by atoms with van der Waals surface area (Å²) in [5.74, 6) is 0.217. The summed E-state index contributed by atoms with van der Waals surface area (Å²) < 4.78 is 11.5. The molecule has 0 aliphatic rings. The van der Waals surface area contributed by atoms with E-state index in [0.717, 1.165) is 0 Å². The van der Waals surface area contributed by atoms with Gasteiger partial charge in [-0.2, -0.15) is 0 Å². The number of primary amides is 1. The van der Waals surface area contributed by atoms with Crippen LogP contribution in [0.2, 0.25) is 0 Å². The molecule has 2 N–H and O–H groups in total. The normalized spacial score (nSPS) is 10.7. The zero-order valence-corrected chi connectivity index (χ0v) is 15.4. The molecule has 0 atom stereocenters. The van der Waals surface area contributed by atoms with Crippen molar-refractivity contribution in [3.8, 4) is 11.5 Å². The minimum atomic E-state index is -0.594. The summed E-state index contributed by atoms with van der Waals surface area (Å²) in [6, 6.07) is 9.33. The summed E-state index contributed by atoms with van der Waals surface area (Å²) in [6.07, 6.45) is 1.59. The third-order valence-corrected chi connectivity index (χ3v) is 3.70. The number of nitro benzene ring substituents is 1. The quantitative estimate of drug-likeness (QED) is 0.398. The lowest BCUT2D eigenvalue weighted by Gasteiger charge is -2.13. The predicted octanol–water partition coefficient (Wildman–Crippen LogP) is 3.37. The number of hydrogen-bond acceptors (Lipinski definition) is 6. The minimum Gasteiger partial charge on any atom is -0.490 e.